The Kier molecular flexibility index (Phi) is 14.0. The second-order valence-corrected chi connectivity index (χ2v) is 48.5. The molecule has 2 heteroatoms. The van der Waals surface area contributed by atoms with Crippen LogP contribution in [0.4, 0.5) is 0 Å². The number of benzene rings is 6. The molecule has 0 aromatic heterocycles. The Bertz CT molecular complexity index is 4100. The van der Waals surface area contributed by atoms with Gasteiger partial charge in [-0.15, -0.1) is 0 Å². The topological polar surface area (TPSA) is 0 Å². The van der Waals surface area contributed by atoms with Crippen molar-refractivity contribution in [3.8, 4) is 0 Å². The van der Waals surface area contributed by atoms with Crippen LogP contribution in [0.1, 0.15) is 377 Å². The number of fused-ring (bicyclic) bond motifs is 6. The van der Waals surface area contributed by atoms with Crippen LogP contribution in [0, 0.1) is 0 Å². The molecule has 18 rings (SSSR count). The fourth-order valence-corrected chi connectivity index (χ4v) is 32.0. The first-order valence-corrected chi connectivity index (χ1v) is 44.0. The predicted molar refractivity (Wildman–Crippen MR) is 411 cm³/mol. The number of hydrogen-bond donors (Lipinski definition) is 0. The molecule has 0 unspecified atom stereocenters. The summed E-state index contributed by atoms with van der Waals surface area (Å²) in [4.78, 5) is 0. The minimum absolute atomic E-state index is 0.0573. The van der Waals surface area contributed by atoms with Crippen molar-refractivity contribution in [2.75, 3.05) is 0 Å². The van der Waals surface area contributed by atoms with E-state index in [1.54, 1.807) is 145 Å². The zero-order valence-corrected chi connectivity index (χ0v) is 69.5. The van der Waals surface area contributed by atoms with Gasteiger partial charge in [-0.2, -0.15) is 0 Å². The van der Waals surface area contributed by atoms with E-state index in [4.69, 9.17) is 0 Å². The van der Waals surface area contributed by atoms with Gasteiger partial charge in [-0.3, -0.25) is 0 Å². The summed E-state index contributed by atoms with van der Waals surface area (Å²) in [7, 11) is 0. The first kappa shape index (κ1) is 66.7. The molecular formula is C94H116Sb2. The molecule has 2 radical (unpaired) electrons. The summed E-state index contributed by atoms with van der Waals surface area (Å²) in [6, 6.07) is 34.4. The number of allylic oxidation sites excluding steroid dienone is 6. The molecule has 502 valence electrons. The third-order valence-electron chi connectivity index (χ3n) is 29.1. The van der Waals surface area contributed by atoms with Crippen LogP contribution in [-0.4, -0.2) is 43.2 Å². The maximum absolute atomic E-state index is 2.91. The summed E-state index contributed by atoms with van der Waals surface area (Å²) in [5.74, 6) is 0.419. The molecular weight excluding hydrogens is 1370 g/mol. The van der Waals surface area contributed by atoms with Crippen molar-refractivity contribution in [1.82, 2.24) is 0 Å². The second kappa shape index (κ2) is 20.1. The van der Waals surface area contributed by atoms with Crippen molar-refractivity contribution >= 4 is 43.2 Å². The van der Waals surface area contributed by atoms with E-state index >= 15 is 0 Å². The fourth-order valence-electron chi connectivity index (χ4n) is 21.5. The minimum atomic E-state index is -1.21. The zero-order chi connectivity index (χ0) is 69.0. The molecule has 0 aliphatic heterocycles. The molecule has 0 amide bonds. The normalized spacial score (nSPS) is 28.5. The van der Waals surface area contributed by atoms with E-state index < -0.39 is 43.2 Å². The summed E-state index contributed by atoms with van der Waals surface area (Å²) in [6.07, 6.45) is 20.0. The van der Waals surface area contributed by atoms with Crippen molar-refractivity contribution in [3.05, 3.63) is 242 Å². The molecule has 6 aromatic carbocycles. The van der Waals surface area contributed by atoms with Crippen LogP contribution in [0.25, 0.3) is 0 Å². The summed E-state index contributed by atoms with van der Waals surface area (Å²) >= 11 is -2.42. The van der Waals surface area contributed by atoms with Crippen LogP contribution in [0.2, 0.25) is 8.73 Å². The molecule has 0 saturated heterocycles. The number of hydrogen-bond acceptors (Lipinski definition) is 0. The Morgan fingerprint density at radius 3 is 0.594 bits per heavy atom. The van der Waals surface area contributed by atoms with Gasteiger partial charge in [0.25, 0.3) is 0 Å². The fraction of sp³-hybridized carbons (Fsp3) is 0.553. The van der Waals surface area contributed by atoms with Crippen LogP contribution in [0.3, 0.4) is 0 Å². The molecule has 96 heavy (non-hydrogen) atoms. The van der Waals surface area contributed by atoms with Crippen molar-refractivity contribution in [1.29, 1.82) is 0 Å². The van der Waals surface area contributed by atoms with Crippen LogP contribution in [0.5, 0.6) is 0 Å². The first-order valence-electron chi connectivity index (χ1n) is 37.8. The van der Waals surface area contributed by atoms with E-state index in [0.29, 0.717) is 0 Å². The van der Waals surface area contributed by atoms with E-state index in [-0.39, 0.29) is 83.5 Å². The van der Waals surface area contributed by atoms with Gasteiger partial charge in [0.2, 0.25) is 0 Å². The van der Waals surface area contributed by atoms with E-state index in [1.165, 1.54) is 60.1 Å². The van der Waals surface area contributed by atoms with Gasteiger partial charge < -0.3 is 0 Å². The molecule has 0 spiro atoms. The van der Waals surface area contributed by atoms with Gasteiger partial charge in [0.05, 0.1) is 0 Å². The van der Waals surface area contributed by atoms with E-state index in [2.05, 4.69) is 277 Å². The summed E-state index contributed by atoms with van der Waals surface area (Å²) < 4.78 is 2.04. The molecule has 0 atom stereocenters. The average Bonchev–Trinajstić information content (AvgIpc) is 0.666. The van der Waals surface area contributed by atoms with Gasteiger partial charge in [-0.05, 0) is 0 Å². The molecule has 0 heterocycles. The Morgan fingerprint density at radius 2 is 0.396 bits per heavy atom. The van der Waals surface area contributed by atoms with Gasteiger partial charge in [0.15, 0.2) is 0 Å². The molecule has 0 nitrogen and oxygen atoms in total. The monoisotopic (exact) mass is 1490 g/mol. The van der Waals surface area contributed by atoms with Crippen molar-refractivity contribution in [2.45, 2.75) is 324 Å². The van der Waals surface area contributed by atoms with Crippen LogP contribution in [-0.2, 0) is 71.7 Å². The molecule has 0 fully saturated rings. The van der Waals surface area contributed by atoms with Gasteiger partial charge in [-0.1, -0.05) is 0 Å². The van der Waals surface area contributed by atoms with E-state index in [0.717, 1.165) is 0 Å². The Hall–Kier alpha value is -3.82. The molecule has 0 N–H and O–H groups in total. The third kappa shape index (κ3) is 9.01. The van der Waals surface area contributed by atoms with E-state index in [9.17, 15) is 0 Å². The van der Waals surface area contributed by atoms with Crippen LogP contribution < -0.4 is 0 Å². The van der Waals surface area contributed by atoms with Gasteiger partial charge in [0, 0.05) is 0 Å². The van der Waals surface area contributed by atoms with E-state index in [1.807, 2.05) is 0 Å². The summed E-state index contributed by atoms with van der Waals surface area (Å²) in [5, 5.41) is 0. The second-order valence-electron chi connectivity index (χ2n) is 41.0. The van der Waals surface area contributed by atoms with Crippen molar-refractivity contribution < 1.29 is 0 Å². The molecule has 12 aliphatic carbocycles. The third-order valence-corrected chi connectivity index (χ3v) is 39.6. The maximum atomic E-state index is 2.91. The van der Waals surface area contributed by atoms with Gasteiger partial charge >= 0.3 is 609 Å². The summed E-state index contributed by atoms with van der Waals surface area (Å²) in [6.45, 7) is 66.6. The van der Waals surface area contributed by atoms with Crippen LogP contribution >= 0.6 is 0 Å². The van der Waals surface area contributed by atoms with Crippen molar-refractivity contribution in [3.63, 3.8) is 0 Å². The standard InChI is InChI=1S/2C44H53.C6H10.2Sb/c2*1-39(2)13-14-40(3,4)32-20-26-25(19-31(32)39)37-27-21-33-35(43(9,10)17-15-41(33,5)6)23-29(27)38(26)30-24-36-34(22-28(30)37)42(7,8)16-18-44(36,11)12;1-5(2)6(3)4;;/h2*13-14,19-24,37H,15-18H2,1-12H3;1,3H2,2,4H3;;/b;;6-5-;;. The SMILES string of the molecule is C/C([CH2][Sb][C]12c3cc4c(cc3C(c3cc5c(cc31)C(C)(C)CCC5(C)C)c1cc3c(cc12)C(C)(C)CCC3(C)C)C(C)(C)C=CC4(C)C)=C(\C)[CH2][Sb][C]12c3cc4c(cc3C(c3cc5c(cc31)C(C)(C)CCC5(C)C)c1cc3c(cc12)C(C)(C)CCC3(C)C)C(C)(C)C=CC4(C)C. The summed E-state index contributed by atoms with van der Waals surface area (Å²) in [5.41, 5.74) is 43.2. The Labute approximate surface area is 603 Å². The molecule has 0 saturated carbocycles. The Balaban J connectivity index is 0.927. The predicted octanol–water partition coefficient (Wildman–Crippen LogP) is 23.8. The van der Waals surface area contributed by atoms with Crippen molar-refractivity contribution in [2.24, 2.45) is 0 Å². The van der Waals surface area contributed by atoms with Crippen LogP contribution in [0.15, 0.2) is 108 Å². The first-order chi connectivity index (χ1) is 44.2. The molecule has 12 aliphatic rings. The molecule has 6 aromatic rings. The van der Waals surface area contributed by atoms with Gasteiger partial charge in [0.1, 0.15) is 0 Å². The average molecular weight is 1490 g/mol. The Morgan fingerprint density at radius 1 is 0.240 bits per heavy atom. The van der Waals surface area contributed by atoms with Gasteiger partial charge in [-0.25, -0.2) is 0 Å². The zero-order valence-electron chi connectivity index (χ0n) is 64.4. The quantitative estimate of drug-likeness (QED) is 0.115. The molecule has 4 bridgehead atoms. The number of rotatable bonds is 6.